The Kier molecular flexibility index (Phi) is 4.17. The Morgan fingerprint density at radius 2 is 1.89 bits per heavy atom. The van der Waals surface area contributed by atoms with Crippen molar-refractivity contribution >= 4 is 17.6 Å². The molecule has 0 saturated heterocycles. The molecule has 0 fully saturated rings. The lowest BCUT2D eigenvalue weighted by molar-refractivity contribution is 0.0472. The molecule has 0 atom stereocenters. The lowest BCUT2D eigenvalue weighted by Crippen LogP contribution is -2.06. The number of aromatic nitrogens is 1. The summed E-state index contributed by atoms with van der Waals surface area (Å²) >= 11 is 5.69. The summed E-state index contributed by atoms with van der Waals surface area (Å²) in [6, 6.07) is 9.09. The van der Waals surface area contributed by atoms with Gasteiger partial charge in [-0.15, -0.1) is 0 Å². The molecule has 0 aliphatic heterocycles. The van der Waals surface area contributed by atoms with Crippen LogP contribution in [0.4, 0.5) is 0 Å². The van der Waals surface area contributed by atoms with Gasteiger partial charge in [-0.1, -0.05) is 34.9 Å². The molecule has 0 radical (unpaired) electrons. The van der Waals surface area contributed by atoms with Crippen LogP contribution in [0.3, 0.4) is 0 Å². The summed E-state index contributed by atoms with van der Waals surface area (Å²) < 4.78 is 5.24. The number of carbonyl (C=O) groups is 1. The van der Waals surface area contributed by atoms with Crippen LogP contribution in [0.5, 0.6) is 0 Å². The second-order valence-corrected chi connectivity index (χ2v) is 4.83. The minimum absolute atomic E-state index is 0.190. The molecule has 0 bridgehead atoms. The van der Waals surface area contributed by atoms with Crippen LogP contribution < -0.4 is 0 Å². The summed E-state index contributed by atoms with van der Waals surface area (Å²) in [6.45, 7) is 4.09. The maximum Gasteiger partial charge on any atom is 0.338 e. The summed E-state index contributed by atoms with van der Waals surface area (Å²) in [5.74, 6) is -0.332. The lowest BCUT2D eigenvalue weighted by atomic mass is 10.1. The molecule has 0 unspecified atom stereocenters. The standard InChI is InChI=1S/C15H14ClNO2/c1-10-5-11(2)7-13(6-10)15(18)19-9-12-3-4-14(16)17-8-12/h3-8H,9H2,1-2H3. The summed E-state index contributed by atoms with van der Waals surface area (Å²) in [4.78, 5) is 15.9. The van der Waals surface area contributed by atoms with E-state index in [1.54, 1.807) is 18.3 Å². The smallest absolute Gasteiger partial charge is 0.338 e. The molecule has 0 aliphatic rings. The number of hydrogen-bond acceptors (Lipinski definition) is 3. The molecule has 0 amide bonds. The number of esters is 1. The summed E-state index contributed by atoms with van der Waals surface area (Å²) in [5.41, 5.74) is 3.46. The van der Waals surface area contributed by atoms with Crippen LogP contribution in [0.25, 0.3) is 0 Å². The van der Waals surface area contributed by atoms with Crippen LogP contribution in [0.1, 0.15) is 27.0 Å². The average molecular weight is 276 g/mol. The van der Waals surface area contributed by atoms with Gasteiger partial charge in [-0.25, -0.2) is 9.78 Å². The predicted molar refractivity (Wildman–Crippen MR) is 74.3 cm³/mol. The van der Waals surface area contributed by atoms with E-state index in [2.05, 4.69) is 4.98 Å². The Bertz CT molecular complexity index is 573. The molecule has 2 rings (SSSR count). The zero-order valence-corrected chi connectivity index (χ0v) is 11.6. The molecule has 3 nitrogen and oxygen atoms in total. The van der Waals surface area contributed by atoms with E-state index in [1.165, 1.54) is 0 Å². The molecular weight excluding hydrogens is 262 g/mol. The van der Waals surface area contributed by atoms with Gasteiger partial charge >= 0.3 is 5.97 Å². The molecular formula is C15H14ClNO2. The molecule has 0 N–H and O–H groups in total. The zero-order valence-electron chi connectivity index (χ0n) is 10.8. The highest BCUT2D eigenvalue weighted by molar-refractivity contribution is 6.29. The van der Waals surface area contributed by atoms with Crippen LogP contribution in [-0.2, 0) is 11.3 Å². The number of benzene rings is 1. The van der Waals surface area contributed by atoms with Gasteiger partial charge in [0.2, 0.25) is 0 Å². The molecule has 1 aromatic carbocycles. The summed E-state index contributed by atoms with van der Waals surface area (Å²) in [7, 11) is 0. The van der Waals surface area contributed by atoms with E-state index in [9.17, 15) is 4.79 Å². The molecule has 0 aliphatic carbocycles. The van der Waals surface area contributed by atoms with Gasteiger partial charge < -0.3 is 4.74 Å². The number of hydrogen-bond donors (Lipinski definition) is 0. The van der Waals surface area contributed by atoms with E-state index >= 15 is 0 Å². The Hall–Kier alpha value is -1.87. The number of nitrogens with zero attached hydrogens (tertiary/aromatic N) is 1. The fourth-order valence-corrected chi connectivity index (χ4v) is 1.93. The number of carbonyl (C=O) groups excluding carboxylic acids is 1. The summed E-state index contributed by atoms with van der Waals surface area (Å²) in [5, 5.41) is 0.421. The zero-order chi connectivity index (χ0) is 13.8. The van der Waals surface area contributed by atoms with E-state index in [-0.39, 0.29) is 12.6 Å². The SMILES string of the molecule is Cc1cc(C)cc(C(=O)OCc2ccc(Cl)nc2)c1. The van der Waals surface area contributed by atoms with Crippen molar-refractivity contribution in [2.24, 2.45) is 0 Å². The van der Waals surface area contributed by atoms with Gasteiger partial charge in [0.05, 0.1) is 5.56 Å². The van der Waals surface area contributed by atoms with E-state index in [0.29, 0.717) is 10.7 Å². The van der Waals surface area contributed by atoms with Crippen molar-refractivity contribution in [2.75, 3.05) is 0 Å². The van der Waals surface area contributed by atoms with Gasteiger partial charge in [-0.3, -0.25) is 0 Å². The maximum atomic E-state index is 11.9. The molecule has 1 aromatic heterocycles. The second-order valence-electron chi connectivity index (χ2n) is 4.44. The van der Waals surface area contributed by atoms with E-state index < -0.39 is 0 Å². The quantitative estimate of drug-likeness (QED) is 0.633. The van der Waals surface area contributed by atoms with Gasteiger partial charge in [0.25, 0.3) is 0 Å². The van der Waals surface area contributed by atoms with Crippen LogP contribution >= 0.6 is 11.6 Å². The number of halogens is 1. The van der Waals surface area contributed by atoms with Gasteiger partial charge in [-0.2, -0.15) is 0 Å². The highest BCUT2D eigenvalue weighted by atomic mass is 35.5. The highest BCUT2D eigenvalue weighted by Crippen LogP contribution is 2.12. The minimum atomic E-state index is -0.332. The van der Waals surface area contributed by atoms with E-state index in [4.69, 9.17) is 16.3 Å². The van der Waals surface area contributed by atoms with Gasteiger partial charge in [0, 0.05) is 11.8 Å². The highest BCUT2D eigenvalue weighted by Gasteiger charge is 2.08. The van der Waals surface area contributed by atoms with Crippen LogP contribution in [0, 0.1) is 13.8 Å². The molecule has 19 heavy (non-hydrogen) atoms. The molecule has 2 aromatic rings. The molecule has 0 saturated carbocycles. The normalized spacial score (nSPS) is 10.3. The molecule has 4 heteroatoms. The molecule has 0 spiro atoms. The number of rotatable bonds is 3. The van der Waals surface area contributed by atoms with Crippen molar-refractivity contribution in [3.05, 3.63) is 63.9 Å². The number of ether oxygens (including phenoxy) is 1. The third-order valence-electron chi connectivity index (χ3n) is 2.62. The first kappa shape index (κ1) is 13.6. The van der Waals surface area contributed by atoms with Crippen molar-refractivity contribution in [3.63, 3.8) is 0 Å². The van der Waals surface area contributed by atoms with Gasteiger partial charge in [-0.05, 0) is 32.0 Å². The summed E-state index contributed by atoms with van der Waals surface area (Å²) in [6.07, 6.45) is 1.59. The Morgan fingerprint density at radius 1 is 1.21 bits per heavy atom. The van der Waals surface area contributed by atoms with Crippen molar-refractivity contribution in [2.45, 2.75) is 20.5 Å². The maximum absolute atomic E-state index is 11.9. The van der Waals surface area contributed by atoms with Gasteiger partial charge in [0.1, 0.15) is 11.8 Å². The van der Waals surface area contributed by atoms with E-state index in [0.717, 1.165) is 16.7 Å². The van der Waals surface area contributed by atoms with Crippen LogP contribution in [-0.4, -0.2) is 11.0 Å². The van der Waals surface area contributed by atoms with Crippen molar-refractivity contribution in [3.8, 4) is 0 Å². The first-order chi connectivity index (χ1) is 9.04. The number of aryl methyl sites for hydroxylation is 2. The van der Waals surface area contributed by atoms with Crippen molar-refractivity contribution < 1.29 is 9.53 Å². The monoisotopic (exact) mass is 275 g/mol. The van der Waals surface area contributed by atoms with Gasteiger partial charge in [0.15, 0.2) is 0 Å². The third-order valence-corrected chi connectivity index (χ3v) is 2.84. The van der Waals surface area contributed by atoms with Crippen molar-refractivity contribution in [1.29, 1.82) is 0 Å². The Labute approximate surface area is 117 Å². The molecule has 98 valence electrons. The fraction of sp³-hybridized carbons (Fsp3) is 0.200. The largest absolute Gasteiger partial charge is 0.457 e. The molecule has 1 heterocycles. The Balaban J connectivity index is 2.03. The van der Waals surface area contributed by atoms with E-state index in [1.807, 2.05) is 32.0 Å². The first-order valence-corrected chi connectivity index (χ1v) is 6.28. The average Bonchev–Trinajstić information content (AvgIpc) is 2.36. The second kappa shape index (κ2) is 5.85. The third kappa shape index (κ3) is 3.80. The topological polar surface area (TPSA) is 39.2 Å². The fourth-order valence-electron chi connectivity index (χ4n) is 1.82. The lowest BCUT2D eigenvalue weighted by Gasteiger charge is -2.06. The predicted octanol–water partition coefficient (Wildman–Crippen LogP) is 3.71. The van der Waals surface area contributed by atoms with Crippen molar-refractivity contribution in [1.82, 2.24) is 4.98 Å². The first-order valence-electron chi connectivity index (χ1n) is 5.90. The van der Waals surface area contributed by atoms with Crippen LogP contribution in [0.2, 0.25) is 5.15 Å². The number of pyridine rings is 1. The Morgan fingerprint density at radius 3 is 2.47 bits per heavy atom. The minimum Gasteiger partial charge on any atom is -0.457 e. The van der Waals surface area contributed by atoms with Crippen LogP contribution in [0.15, 0.2) is 36.5 Å².